The number of hydrogen-bond acceptors (Lipinski definition) is 5. The maximum absolute atomic E-state index is 12.6. The predicted octanol–water partition coefficient (Wildman–Crippen LogP) is 3.16. The molecule has 1 saturated heterocycles. The average Bonchev–Trinajstić information content (AvgIpc) is 3.28. The zero-order valence-corrected chi connectivity index (χ0v) is 17.1. The van der Waals surface area contributed by atoms with E-state index in [0.717, 1.165) is 35.3 Å². The molecule has 6 nitrogen and oxygen atoms in total. The van der Waals surface area contributed by atoms with Crippen LogP contribution in [-0.2, 0) is 25.5 Å². The molecular weight excluding hydrogens is 394 g/mol. The minimum atomic E-state index is -0.736. The maximum atomic E-state index is 12.6. The lowest BCUT2D eigenvalue weighted by molar-refractivity contribution is -0.152. The Morgan fingerprint density at radius 1 is 0.903 bits per heavy atom. The Bertz CT molecular complexity index is 1080. The molecule has 2 aliphatic carbocycles. The summed E-state index contributed by atoms with van der Waals surface area (Å²) in [5.41, 5.74) is 5.03. The molecular formula is C25H23NO5. The van der Waals surface area contributed by atoms with Gasteiger partial charge in [0.25, 0.3) is 0 Å². The Hall–Kier alpha value is -3.28. The van der Waals surface area contributed by atoms with Crippen molar-refractivity contribution in [3.05, 3.63) is 59.2 Å². The fourth-order valence-electron chi connectivity index (χ4n) is 5.09. The number of fused-ring (bicyclic) bond motifs is 4. The molecule has 2 atom stereocenters. The Morgan fingerprint density at radius 2 is 1.58 bits per heavy atom. The molecule has 158 valence electrons. The molecule has 5 rings (SSSR count). The van der Waals surface area contributed by atoms with Gasteiger partial charge in [0.05, 0.1) is 11.8 Å². The van der Waals surface area contributed by atoms with Crippen LogP contribution in [0.4, 0.5) is 0 Å². The zero-order valence-electron chi connectivity index (χ0n) is 17.1. The van der Waals surface area contributed by atoms with Gasteiger partial charge in [-0.1, -0.05) is 49.2 Å². The molecule has 3 aliphatic rings. The summed E-state index contributed by atoms with van der Waals surface area (Å²) >= 11 is 0. The van der Waals surface area contributed by atoms with Gasteiger partial charge in [-0.05, 0) is 47.6 Å². The van der Waals surface area contributed by atoms with E-state index in [0.29, 0.717) is 18.4 Å². The number of likely N-dealkylation sites (tertiary alicyclic amines) is 1. The van der Waals surface area contributed by atoms with Crippen LogP contribution >= 0.6 is 0 Å². The van der Waals surface area contributed by atoms with E-state index in [9.17, 15) is 19.2 Å². The number of benzene rings is 2. The van der Waals surface area contributed by atoms with Crippen LogP contribution in [0, 0.1) is 11.8 Å². The minimum Gasteiger partial charge on any atom is -0.456 e. The van der Waals surface area contributed by atoms with Gasteiger partial charge >= 0.3 is 5.97 Å². The fraction of sp³-hybridized carbons (Fsp3) is 0.360. The first-order valence-corrected chi connectivity index (χ1v) is 10.8. The van der Waals surface area contributed by atoms with E-state index in [1.54, 1.807) is 6.07 Å². The summed E-state index contributed by atoms with van der Waals surface area (Å²) in [5.74, 6) is -2.21. The topological polar surface area (TPSA) is 80.8 Å². The first kappa shape index (κ1) is 19.7. The zero-order chi connectivity index (χ0) is 21.5. The standard InChI is InChI=1S/C25H23NO5/c27-22(17-10-9-16-11-15-5-1-2-6-18(15)21(16)12-17)14-31-23(28)13-26-24(29)19-7-3-4-8-20(19)25(26)30/h1-2,5-6,9-10,12,19-20H,3-4,7-8,11,13-14H2/t19-,20+. The second kappa shape index (κ2) is 7.76. The van der Waals surface area contributed by atoms with Crippen LogP contribution in [0.15, 0.2) is 42.5 Å². The van der Waals surface area contributed by atoms with E-state index in [4.69, 9.17) is 4.74 Å². The maximum Gasteiger partial charge on any atom is 0.326 e. The van der Waals surface area contributed by atoms with Crippen molar-refractivity contribution >= 4 is 23.6 Å². The Kier molecular flexibility index (Phi) is 4.93. The Labute approximate surface area is 180 Å². The molecule has 6 heteroatoms. The van der Waals surface area contributed by atoms with Crippen LogP contribution in [0.3, 0.4) is 0 Å². The lowest BCUT2D eigenvalue weighted by Gasteiger charge is -2.19. The monoisotopic (exact) mass is 417 g/mol. The highest BCUT2D eigenvalue weighted by atomic mass is 16.5. The van der Waals surface area contributed by atoms with E-state index in [-0.39, 0.29) is 29.4 Å². The second-order valence-electron chi connectivity index (χ2n) is 8.55. The lowest BCUT2D eigenvalue weighted by atomic mass is 9.81. The van der Waals surface area contributed by atoms with Crippen LogP contribution < -0.4 is 0 Å². The number of carbonyl (C=O) groups is 4. The van der Waals surface area contributed by atoms with Crippen molar-refractivity contribution in [3.63, 3.8) is 0 Å². The summed E-state index contributed by atoms with van der Waals surface area (Å²) in [6.45, 7) is -0.835. The molecule has 0 spiro atoms. The third-order valence-corrected chi connectivity index (χ3v) is 6.70. The van der Waals surface area contributed by atoms with Gasteiger partial charge in [0.1, 0.15) is 6.54 Å². The smallest absolute Gasteiger partial charge is 0.326 e. The molecule has 0 unspecified atom stereocenters. The van der Waals surface area contributed by atoms with Gasteiger partial charge in [-0.3, -0.25) is 24.1 Å². The minimum absolute atomic E-state index is 0.282. The van der Waals surface area contributed by atoms with E-state index in [1.165, 1.54) is 11.1 Å². The van der Waals surface area contributed by atoms with E-state index in [1.807, 2.05) is 30.3 Å². The van der Waals surface area contributed by atoms with Gasteiger partial charge < -0.3 is 4.74 Å². The third-order valence-electron chi connectivity index (χ3n) is 6.70. The number of Topliss-reactive ketones (excluding diaryl/α,β-unsaturated/α-hetero) is 1. The van der Waals surface area contributed by atoms with Gasteiger partial charge in [-0.2, -0.15) is 0 Å². The predicted molar refractivity (Wildman–Crippen MR) is 112 cm³/mol. The fourth-order valence-corrected chi connectivity index (χ4v) is 5.09. The van der Waals surface area contributed by atoms with Gasteiger partial charge in [-0.15, -0.1) is 0 Å². The molecule has 0 N–H and O–H groups in total. The normalized spacial score (nSPS) is 21.5. The third kappa shape index (κ3) is 3.46. The summed E-state index contributed by atoms with van der Waals surface area (Å²) < 4.78 is 5.12. The molecule has 2 amide bonds. The van der Waals surface area contributed by atoms with Crippen molar-refractivity contribution in [2.75, 3.05) is 13.2 Å². The Morgan fingerprint density at radius 3 is 2.32 bits per heavy atom. The molecule has 1 saturated carbocycles. The van der Waals surface area contributed by atoms with Gasteiger partial charge in [0.2, 0.25) is 11.8 Å². The average molecular weight is 417 g/mol. The second-order valence-corrected chi connectivity index (χ2v) is 8.55. The number of carbonyl (C=O) groups excluding carboxylic acids is 4. The summed E-state index contributed by atoms with van der Waals surface area (Å²) in [6.07, 6.45) is 4.09. The van der Waals surface area contributed by atoms with Crippen molar-refractivity contribution in [2.24, 2.45) is 11.8 Å². The van der Waals surface area contributed by atoms with Crippen LogP contribution in [0.2, 0.25) is 0 Å². The number of hydrogen-bond donors (Lipinski definition) is 0. The number of ether oxygens (including phenoxy) is 1. The SMILES string of the molecule is O=C(CN1C(=O)[C@H]2CCCC[C@H]2C1=O)OCC(=O)c1ccc2c(c1)-c1ccccc1C2. The first-order valence-electron chi connectivity index (χ1n) is 10.8. The summed E-state index contributed by atoms with van der Waals surface area (Å²) in [5, 5.41) is 0. The molecule has 0 aromatic heterocycles. The van der Waals surface area contributed by atoms with Crippen molar-refractivity contribution in [1.29, 1.82) is 0 Å². The molecule has 2 fully saturated rings. The van der Waals surface area contributed by atoms with E-state index in [2.05, 4.69) is 6.07 Å². The molecule has 0 bridgehead atoms. The number of rotatable bonds is 5. The Balaban J connectivity index is 1.21. The number of amides is 2. The van der Waals surface area contributed by atoms with Crippen LogP contribution in [-0.4, -0.2) is 41.6 Å². The summed E-state index contributed by atoms with van der Waals surface area (Å²) in [7, 11) is 0. The van der Waals surface area contributed by atoms with Crippen molar-refractivity contribution in [3.8, 4) is 11.1 Å². The van der Waals surface area contributed by atoms with Crippen LogP contribution in [0.1, 0.15) is 47.2 Å². The number of nitrogens with zero attached hydrogens (tertiary/aromatic N) is 1. The molecule has 2 aromatic rings. The van der Waals surface area contributed by atoms with Gasteiger partial charge in [0.15, 0.2) is 12.4 Å². The van der Waals surface area contributed by atoms with Gasteiger partial charge in [-0.25, -0.2) is 0 Å². The highest BCUT2D eigenvalue weighted by molar-refractivity contribution is 6.07. The quantitative estimate of drug-likeness (QED) is 0.362. The van der Waals surface area contributed by atoms with Crippen molar-refractivity contribution in [2.45, 2.75) is 32.1 Å². The summed E-state index contributed by atoms with van der Waals surface area (Å²) in [4.78, 5) is 50.9. The van der Waals surface area contributed by atoms with Crippen molar-refractivity contribution in [1.82, 2.24) is 4.90 Å². The highest BCUT2D eigenvalue weighted by Gasteiger charge is 2.48. The molecule has 0 radical (unpaired) electrons. The highest BCUT2D eigenvalue weighted by Crippen LogP contribution is 2.38. The largest absolute Gasteiger partial charge is 0.456 e. The molecule has 1 aliphatic heterocycles. The molecule has 1 heterocycles. The summed E-state index contributed by atoms with van der Waals surface area (Å²) in [6, 6.07) is 13.6. The molecule has 31 heavy (non-hydrogen) atoms. The number of imide groups is 1. The van der Waals surface area contributed by atoms with Crippen molar-refractivity contribution < 1.29 is 23.9 Å². The van der Waals surface area contributed by atoms with E-state index >= 15 is 0 Å². The van der Waals surface area contributed by atoms with Crippen LogP contribution in [0.5, 0.6) is 0 Å². The number of esters is 1. The van der Waals surface area contributed by atoms with E-state index < -0.39 is 19.1 Å². The van der Waals surface area contributed by atoms with Crippen LogP contribution in [0.25, 0.3) is 11.1 Å². The lowest BCUT2D eigenvalue weighted by Crippen LogP contribution is -2.37. The first-order chi connectivity index (χ1) is 15.0. The molecule has 2 aromatic carbocycles. The number of ketones is 1. The van der Waals surface area contributed by atoms with Gasteiger partial charge in [0, 0.05) is 5.56 Å².